The van der Waals surface area contributed by atoms with Gasteiger partial charge in [0.1, 0.15) is 0 Å². The fraction of sp³-hybridized carbons (Fsp3) is 0.0714. The molecule has 22 heavy (non-hydrogen) atoms. The molecular weight excluding hydrogens is 308 g/mol. The van der Waals surface area contributed by atoms with Gasteiger partial charge in [-0.3, -0.25) is 9.35 Å². The number of benzene rings is 2. The predicted octanol–water partition coefficient (Wildman–Crippen LogP) is 2.08. The van der Waals surface area contributed by atoms with Crippen molar-refractivity contribution in [3.8, 4) is 16.9 Å². The lowest BCUT2D eigenvalue weighted by Gasteiger charge is -2.09. The Balaban J connectivity index is 2.32. The second-order valence-electron chi connectivity index (χ2n) is 4.52. The van der Waals surface area contributed by atoms with Gasteiger partial charge in [0.05, 0.1) is 5.69 Å². The number of hydrogen-bond acceptors (Lipinski definition) is 5. The first kappa shape index (κ1) is 15.8. The summed E-state index contributed by atoms with van der Waals surface area (Å²) in [5.74, 6) is -0.338. The topological polar surface area (TPSA) is 119 Å². The second kappa shape index (κ2) is 6.04. The van der Waals surface area contributed by atoms with E-state index in [1.54, 1.807) is 30.3 Å². The number of carbonyl (C=O) groups excluding carboxylic acids is 1. The van der Waals surface area contributed by atoms with E-state index in [0.717, 1.165) is 5.56 Å². The van der Waals surface area contributed by atoms with Gasteiger partial charge in [-0.05, 0) is 35.4 Å². The van der Waals surface area contributed by atoms with Crippen LogP contribution in [0.15, 0.2) is 42.5 Å². The average Bonchev–Trinajstić information content (AvgIpc) is 2.40. The molecule has 116 valence electrons. The number of nitrogen functional groups attached to an aromatic ring is 1. The molecule has 0 saturated carbocycles. The van der Waals surface area contributed by atoms with Crippen LogP contribution in [0, 0.1) is 0 Å². The summed E-state index contributed by atoms with van der Waals surface area (Å²) in [6.07, 6.45) is 0. The molecule has 2 rings (SSSR count). The summed E-state index contributed by atoms with van der Waals surface area (Å²) < 4.78 is 34.7. The molecule has 0 unspecified atom stereocenters. The van der Waals surface area contributed by atoms with Crippen molar-refractivity contribution in [1.82, 2.24) is 0 Å². The van der Waals surface area contributed by atoms with Crippen LogP contribution in [0.3, 0.4) is 0 Å². The zero-order chi connectivity index (χ0) is 16.3. The molecule has 8 heteroatoms. The molecule has 0 fully saturated rings. The molecule has 0 aromatic heterocycles. The summed E-state index contributed by atoms with van der Waals surface area (Å²) in [7, 11) is -4.65. The standard InChI is InChI=1S/C14H14N2O5S/c1-9(17)16-12-5-2-10(3-6-12)11-4-7-13(15)14(8-11)21-22(18,19)20/h2-8H,15H2,1H3,(H,16,17)(H,18,19,20). The predicted molar refractivity (Wildman–Crippen MR) is 82.8 cm³/mol. The van der Waals surface area contributed by atoms with Crippen LogP contribution >= 0.6 is 0 Å². The average molecular weight is 322 g/mol. The molecule has 0 atom stereocenters. The van der Waals surface area contributed by atoms with Crippen molar-refractivity contribution in [2.75, 3.05) is 11.1 Å². The van der Waals surface area contributed by atoms with Gasteiger partial charge in [-0.2, -0.15) is 8.42 Å². The lowest BCUT2D eigenvalue weighted by Crippen LogP contribution is -2.08. The Kier molecular flexibility index (Phi) is 4.34. The lowest BCUT2D eigenvalue weighted by molar-refractivity contribution is -0.114. The van der Waals surface area contributed by atoms with E-state index in [2.05, 4.69) is 9.50 Å². The highest BCUT2D eigenvalue weighted by atomic mass is 32.3. The molecule has 0 radical (unpaired) electrons. The third kappa shape index (κ3) is 4.21. The molecule has 0 bridgehead atoms. The van der Waals surface area contributed by atoms with Gasteiger partial charge in [-0.15, -0.1) is 0 Å². The lowest BCUT2D eigenvalue weighted by atomic mass is 10.0. The van der Waals surface area contributed by atoms with Gasteiger partial charge in [0.15, 0.2) is 5.75 Å². The first-order chi connectivity index (χ1) is 10.2. The fourth-order valence-corrected chi connectivity index (χ4v) is 2.22. The highest BCUT2D eigenvalue weighted by Crippen LogP contribution is 2.30. The van der Waals surface area contributed by atoms with Crippen molar-refractivity contribution in [3.63, 3.8) is 0 Å². The van der Waals surface area contributed by atoms with Crippen molar-refractivity contribution in [1.29, 1.82) is 0 Å². The van der Waals surface area contributed by atoms with Gasteiger partial charge in [0.2, 0.25) is 5.91 Å². The molecule has 1 amide bonds. The third-order valence-corrected chi connectivity index (χ3v) is 3.14. The molecular formula is C14H14N2O5S. The highest BCUT2D eigenvalue weighted by molar-refractivity contribution is 7.81. The van der Waals surface area contributed by atoms with Crippen LogP contribution in [0.25, 0.3) is 11.1 Å². The Bertz CT molecular complexity index is 800. The van der Waals surface area contributed by atoms with E-state index in [1.807, 2.05) is 0 Å². The Morgan fingerprint density at radius 3 is 2.27 bits per heavy atom. The Hall–Kier alpha value is -2.58. The molecule has 2 aromatic rings. The molecule has 0 aliphatic carbocycles. The number of carbonyl (C=O) groups is 1. The number of amides is 1. The fourth-order valence-electron chi connectivity index (χ4n) is 1.85. The maximum Gasteiger partial charge on any atom is 0.446 e. The van der Waals surface area contributed by atoms with Crippen LogP contribution in [0.2, 0.25) is 0 Å². The monoisotopic (exact) mass is 322 g/mol. The Morgan fingerprint density at radius 2 is 1.73 bits per heavy atom. The summed E-state index contributed by atoms with van der Waals surface area (Å²) in [5, 5.41) is 2.64. The first-order valence-electron chi connectivity index (χ1n) is 6.19. The summed E-state index contributed by atoms with van der Waals surface area (Å²) in [5.41, 5.74) is 7.72. The van der Waals surface area contributed by atoms with Gasteiger partial charge >= 0.3 is 10.4 Å². The summed E-state index contributed by atoms with van der Waals surface area (Å²) >= 11 is 0. The number of anilines is 2. The smallest absolute Gasteiger partial charge is 0.396 e. The van der Waals surface area contributed by atoms with Gasteiger partial charge < -0.3 is 15.2 Å². The van der Waals surface area contributed by atoms with Crippen molar-refractivity contribution in [2.45, 2.75) is 6.92 Å². The highest BCUT2D eigenvalue weighted by Gasteiger charge is 2.11. The molecule has 2 aromatic carbocycles. The van der Waals surface area contributed by atoms with E-state index in [4.69, 9.17) is 10.3 Å². The van der Waals surface area contributed by atoms with E-state index in [1.165, 1.54) is 19.1 Å². The van der Waals surface area contributed by atoms with Crippen LogP contribution in [0.1, 0.15) is 6.92 Å². The molecule has 7 nitrogen and oxygen atoms in total. The summed E-state index contributed by atoms with van der Waals surface area (Å²) in [6, 6.07) is 11.4. The zero-order valence-corrected chi connectivity index (χ0v) is 12.4. The minimum absolute atomic E-state index is 0.0799. The van der Waals surface area contributed by atoms with E-state index in [-0.39, 0.29) is 17.3 Å². The number of nitrogens with two attached hydrogens (primary N) is 1. The van der Waals surface area contributed by atoms with Gasteiger partial charge in [0.25, 0.3) is 0 Å². The van der Waals surface area contributed by atoms with E-state index >= 15 is 0 Å². The number of nitrogens with one attached hydrogen (secondary N) is 1. The van der Waals surface area contributed by atoms with Crippen LogP contribution in [-0.4, -0.2) is 18.9 Å². The van der Waals surface area contributed by atoms with Crippen molar-refractivity contribution < 1.29 is 21.9 Å². The SMILES string of the molecule is CC(=O)Nc1ccc(-c2ccc(N)c(OS(=O)(=O)O)c2)cc1. The van der Waals surface area contributed by atoms with Gasteiger partial charge in [0, 0.05) is 12.6 Å². The molecule has 0 aliphatic heterocycles. The van der Waals surface area contributed by atoms with Crippen LogP contribution in [0.5, 0.6) is 5.75 Å². The van der Waals surface area contributed by atoms with Gasteiger partial charge in [-0.25, -0.2) is 0 Å². The van der Waals surface area contributed by atoms with Crippen LogP contribution < -0.4 is 15.2 Å². The molecule has 0 heterocycles. The molecule has 0 spiro atoms. The molecule has 0 aliphatic rings. The second-order valence-corrected chi connectivity index (χ2v) is 5.54. The summed E-state index contributed by atoms with van der Waals surface area (Å²) in [6.45, 7) is 1.41. The molecule has 4 N–H and O–H groups in total. The zero-order valence-electron chi connectivity index (χ0n) is 11.6. The maximum absolute atomic E-state index is 11.0. The van der Waals surface area contributed by atoms with Crippen molar-refractivity contribution >= 4 is 27.7 Å². The van der Waals surface area contributed by atoms with Gasteiger partial charge in [-0.1, -0.05) is 18.2 Å². The van der Waals surface area contributed by atoms with Crippen molar-refractivity contribution in [2.24, 2.45) is 0 Å². The summed E-state index contributed by atoms with van der Waals surface area (Å²) in [4.78, 5) is 11.0. The van der Waals surface area contributed by atoms with Crippen LogP contribution in [-0.2, 0) is 15.2 Å². The number of rotatable bonds is 4. The van der Waals surface area contributed by atoms with Crippen LogP contribution in [0.4, 0.5) is 11.4 Å². The third-order valence-electron chi connectivity index (χ3n) is 2.75. The van der Waals surface area contributed by atoms with Crippen molar-refractivity contribution in [3.05, 3.63) is 42.5 Å². The largest absolute Gasteiger partial charge is 0.446 e. The van der Waals surface area contributed by atoms with E-state index < -0.39 is 10.4 Å². The Morgan fingerprint density at radius 1 is 1.14 bits per heavy atom. The maximum atomic E-state index is 11.0. The number of hydrogen-bond donors (Lipinski definition) is 3. The van der Waals surface area contributed by atoms with E-state index in [9.17, 15) is 13.2 Å². The minimum atomic E-state index is -4.65. The van der Waals surface area contributed by atoms with E-state index in [0.29, 0.717) is 11.3 Å². The molecule has 0 saturated heterocycles. The minimum Gasteiger partial charge on any atom is -0.396 e. The first-order valence-corrected chi connectivity index (χ1v) is 7.55. The normalized spacial score (nSPS) is 11.0. The quantitative estimate of drug-likeness (QED) is 0.585. The Labute approximate surface area is 127 Å².